The van der Waals surface area contributed by atoms with Gasteiger partial charge in [0.1, 0.15) is 5.78 Å². The molecule has 53 heavy (non-hydrogen) atoms. The second-order valence-corrected chi connectivity index (χ2v) is 19.3. The van der Waals surface area contributed by atoms with Gasteiger partial charge < -0.3 is 5.32 Å². The van der Waals surface area contributed by atoms with Crippen molar-refractivity contribution in [3.8, 4) is 0 Å². The first-order valence-corrected chi connectivity index (χ1v) is 21.8. The number of anilines is 2. The lowest BCUT2D eigenvalue weighted by Crippen LogP contribution is -2.42. The standard InChI is InChI=1S/C22H28N2O2S.C21H23NO3S/c1-17-9-11-19(12-10-17)27(25,26)24-15-14-22(13-5-8-21(22)23-2)16-18-6-3-4-7-20(18)24;1-16-8-10-18(11-9-16)26(24,25)22-14-13-21(12-4-7-20(21)23)15-17-5-2-3-6-19(17)22/h3-4,6-7,9-12,21,23H,5,8,13-16H2,1-2H3;2-3,5-6,8-11H,4,7,12-15H2,1H3. The number of fused-ring (bicyclic) bond motifs is 2. The Hall–Kier alpha value is -3.99. The third kappa shape index (κ3) is 7.06. The van der Waals surface area contributed by atoms with Crippen molar-refractivity contribution in [3.63, 3.8) is 0 Å². The molecule has 8 rings (SSSR count). The second-order valence-electron chi connectivity index (χ2n) is 15.5. The fourth-order valence-electron chi connectivity index (χ4n) is 9.33. The van der Waals surface area contributed by atoms with E-state index in [0.29, 0.717) is 59.7 Å². The summed E-state index contributed by atoms with van der Waals surface area (Å²) in [6.07, 6.45) is 8.98. The second kappa shape index (κ2) is 14.7. The van der Waals surface area contributed by atoms with Crippen molar-refractivity contribution in [2.24, 2.45) is 10.8 Å². The Morgan fingerprint density at radius 2 is 1.13 bits per heavy atom. The number of benzene rings is 4. The third-order valence-electron chi connectivity index (χ3n) is 12.3. The van der Waals surface area contributed by atoms with E-state index in [1.54, 1.807) is 28.6 Å². The normalized spacial score (nSPS) is 24.3. The zero-order valence-corrected chi connectivity index (χ0v) is 32.7. The molecule has 2 spiro atoms. The van der Waals surface area contributed by atoms with Crippen molar-refractivity contribution in [2.45, 2.75) is 93.9 Å². The first kappa shape index (κ1) is 37.3. The van der Waals surface area contributed by atoms with Gasteiger partial charge in [-0.25, -0.2) is 16.8 Å². The van der Waals surface area contributed by atoms with Crippen molar-refractivity contribution in [2.75, 3.05) is 28.7 Å². The SMILES string of the molecule is CNC1CCCC12CCN(S(=O)(=O)c1ccc(C)cc1)c1ccccc1C2.Cc1ccc(S(=O)(=O)N2CCC3(CCCC3=O)Cc3ccccc32)cc1. The maximum Gasteiger partial charge on any atom is 0.264 e. The molecule has 2 aliphatic heterocycles. The number of para-hydroxylation sites is 2. The number of nitrogens with one attached hydrogen (secondary N) is 1. The molecule has 0 amide bonds. The van der Waals surface area contributed by atoms with Gasteiger partial charge in [-0.15, -0.1) is 0 Å². The number of carbonyl (C=O) groups excluding carboxylic acids is 1. The summed E-state index contributed by atoms with van der Waals surface area (Å²) in [5.41, 5.74) is 5.49. The fraction of sp³-hybridized carbons (Fsp3) is 0.419. The summed E-state index contributed by atoms with van der Waals surface area (Å²) in [7, 11) is -5.19. The molecule has 4 aromatic rings. The molecule has 2 fully saturated rings. The molecule has 1 N–H and O–H groups in total. The van der Waals surface area contributed by atoms with Crippen molar-refractivity contribution >= 4 is 37.2 Å². The Morgan fingerprint density at radius 3 is 1.64 bits per heavy atom. The molecule has 3 unspecified atom stereocenters. The molecule has 3 atom stereocenters. The Balaban J connectivity index is 0.000000164. The lowest BCUT2D eigenvalue weighted by Gasteiger charge is -2.35. The van der Waals surface area contributed by atoms with Gasteiger partial charge in [0.2, 0.25) is 0 Å². The molecule has 2 heterocycles. The number of ketones is 1. The Morgan fingerprint density at radius 1 is 0.623 bits per heavy atom. The molecular weight excluding hydrogens is 703 g/mol. The van der Waals surface area contributed by atoms with Crippen molar-refractivity contribution in [1.82, 2.24) is 5.32 Å². The highest BCUT2D eigenvalue weighted by molar-refractivity contribution is 7.93. The molecule has 0 bridgehead atoms. The molecular formula is C43H51N3O5S2. The van der Waals surface area contributed by atoms with E-state index in [4.69, 9.17) is 0 Å². The van der Waals surface area contributed by atoms with Crippen LogP contribution in [0.15, 0.2) is 107 Å². The van der Waals surface area contributed by atoms with Gasteiger partial charge in [-0.3, -0.25) is 13.4 Å². The smallest absolute Gasteiger partial charge is 0.264 e. The average molecular weight is 754 g/mol. The summed E-state index contributed by atoms with van der Waals surface area (Å²) in [5.74, 6) is 0.293. The van der Waals surface area contributed by atoms with Crippen LogP contribution < -0.4 is 13.9 Å². The minimum atomic E-state index is -3.66. The van der Waals surface area contributed by atoms with Gasteiger partial charge in [-0.2, -0.15) is 0 Å². The van der Waals surface area contributed by atoms with Gasteiger partial charge in [-0.1, -0.05) is 78.2 Å². The third-order valence-corrected chi connectivity index (χ3v) is 16.0. The maximum atomic E-state index is 13.5. The molecule has 2 saturated carbocycles. The van der Waals surface area contributed by atoms with Gasteiger partial charge in [0.25, 0.3) is 20.0 Å². The quantitative estimate of drug-likeness (QED) is 0.224. The molecule has 280 valence electrons. The van der Waals surface area contributed by atoms with Crippen LogP contribution in [0.25, 0.3) is 0 Å². The van der Waals surface area contributed by atoms with E-state index in [0.717, 1.165) is 60.0 Å². The van der Waals surface area contributed by atoms with Gasteiger partial charge >= 0.3 is 0 Å². The van der Waals surface area contributed by atoms with Gasteiger partial charge in [0.05, 0.1) is 21.2 Å². The number of aryl methyl sites for hydroxylation is 2. The Kier molecular flexibility index (Phi) is 10.3. The fourth-order valence-corrected chi connectivity index (χ4v) is 12.3. The van der Waals surface area contributed by atoms with Crippen LogP contribution in [-0.4, -0.2) is 48.8 Å². The maximum absolute atomic E-state index is 13.5. The van der Waals surface area contributed by atoms with Crippen LogP contribution in [0.5, 0.6) is 0 Å². The van der Waals surface area contributed by atoms with Gasteiger partial charge in [0, 0.05) is 31.0 Å². The highest BCUT2D eigenvalue weighted by Gasteiger charge is 2.46. The number of carbonyl (C=O) groups is 1. The summed E-state index contributed by atoms with van der Waals surface area (Å²) in [5, 5.41) is 3.51. The summed E-state index contributed by atoms with van der Waals surface area (Å²) in [4.78, 5) is 13.3. The van der Waals surface area contributed by atoms with Gasteiger partial charge in [0.15, 0.2) is 0 Å². The van der Waals surface area contributed by atoms with Crippen LogP contribution in [-0.2, 0) is 37.7 Å². The minimum absolute atomic E-state index is 0.141. The first-order valence-electron chi connectivity index (χ1n) is 18.9. The predicted molar refractivity (Wildman–Crippen MR) is 211 cm³/mol. The molecule has 0 radical (unpaired) electrons. The zero-order chi connectivity index (χ0) is 37.4. The van der Waals surface area contributed by atoms with Crippen LogP contribution in [0, 0.1) is 24.7 Å². The molecule has 2 aliphatic carbocycles. The summed E-state index contributed by atoms with van der Waals surface area (Å²) < 4.78 is 56.8. The lowest BCUT2D eigenvalue weighted by molar-refractivity contribution is -0.126. The molecule has 10 heteroatoms. The van der Waals surface area contributed by atoms with E-state index in [2.05, 4.69) is 11.4 Å². The molecule has 0 aromatic heterocycles. The topological polar surface area (TPSA) is 104 Å². The number of Topliss-reactive ketones (excluding diaryl/α,β-unsaturated/α-hetero) is 1. The lowest BCUT2D eigenvalue weighted by atomic mass is 9.75. The van der Waals surface area contributed by atoms with Crippen molar-refractivity contribution in [3.05, 3.63) is 119 Å². The highest BCUT2D eigenvalue weighted by Crippen LogP contribution is 2.49. The van der Waals surface area contributed by atoms with Crippen LogP contribution in [0.4, 0.5) is 11.4 Å². The summed E-state index contributed by atoms with van der Waals surface area (Å²) in [6.45, 7) is 4.79. The highest BCUT2D eigenvalue weighted by atomic mass is 32.2. The minimum Gasteiger partial charge on any atom is -0.316 e. The number of hydrogen-bond acceptors (Lipinski definition) is 6. The van der Waals surface area contributed by atoms with E-state index in [1.165, 1.54) is 17.1 Å². The van der Waals surface area contributed by atoms with Crippen LogP contribution in [0.2, 0.25) is 0 Å². The van der Waals surface area contributed by atoms with Crippen LogP contribution in [0.1, 0.15) is 73.6 Å². The van der Waals surface area contributed by atoms with Crippen molar-refractivity contribution < 1.29 is 21.6 Å². The molecule has 4 aromatic carbocycles. The number of nitrogens with zero attached hydrogens (tertiary/aromatic N) is 2. The van der Waals surface area contributed by atoms with E-state index in [1.807, 2.05) is 87.6 Å². The van der Waals surface area contributed by atoms with E-state index < -0.39 is 25.5 Å². The average Bonchev–Trinajstić information content (AvgIpc) is 3.59. The zero-order valence-electron chi connectivity index (χ0n) is 31.1. The monoisotopic (exact) mass is 753 g/mol. The Labute approximate surface area is 315 Å². The van der Waals surface area contributed by atoms with E-state index >= 15 is 0 Å². The molecule has 8 nitrogen and oxygen atoms in total. The molecule has 4 aliphatic rings. The van der Waals surface area contributed by atoms with Gasteiger partial charge in [-0.05, 0) is 125 Å². The summed E-state index contributed by atoms with van der Waals surface area (Å²) >= 11 is 0. The predicted octanol–water partition coefficient (Wildman–Crippen LogP) is 7.77. The first-order chi connectivity index (χ1) is 25.4. The number of sulfonamides is 2. The van der Waals surface area contributed by atoms with Crippen LogP contribution in [0.3, 0.4) is 0 Å². The molecule has 0 saturated heterocycles. The van der Waals surface area contributed by atoms with E-state index in [-0.39, 0.29) is 5.41 Å². The van der Waals surface area contributed by atoms with Crippen molar-refractivity contribution in [1.29, 1.82) is 0 Å². The number of rotatable bonds is 5. The largest absolute Gasteiger partial charge is 0.316 e. The summed E-state index contributed by atoms with van der Waals surface area (Å²) in [6, 6.07) is 30.2. The Bertz CT molecular complexity index is 2190. The number of hydrogen-bond donors (Lipinski definition) is 1. The van der Waals surface area contributed by atoms with E-state index in [9.17, 15) is 21.6 Å². The van der Waals surface area contributed by atoms with Crippen LogP contribution >= 0.6 is 0 Å².